The minimum Gasteiger partial charge on any atom is -0.392 e. The number of aliphatic hydroxyl groups is 1. The van der Waals surface area contributed by atoms with Crippen LogP contribution in [0.15, 0.2) is 12.1 Å². The Balaban J connectivity index is 2.04. The monoisotopic (exact) mass is 318 g/mol. The van der Waals surface area contributed by atoms with Crippen molar-refractivity contribution in [3.8, 4) is 0 Å². The molecule has 1 amide bonds. The molecule has 0 saturated carbocycles. The zero-order chi connectivity index (χ0) is 15.6. The molecular formula is C14H17ClF2N2O2. The van der Waals surface area contributed by atoms with E-state index < -0.39 is 23.6 Å². The van der Waals surface area contributed by atoms with Gasteiger partial charge < -0.3 is 10.0 Å². The number of amides is 1. The maximum atomic E-state index is 13.3. The second-order valence-electron chi connectivity index (χ2n) is 5.19. The molecule has 0 aromatic heterocycles. The fourth-order valence-electron chi connectivity index (χ4n) is 2.36. The lowest BCUT2D eigenvalue weighted by Crippen LogP contribution is -2.50. The van der Waals surface area contributed by atoms with Crippen molar-refractivity contribution in [3.05, 3.63) is 34.4 Å². The van der Waals surface area contributed by atoms with Crippen molar-refractivity contribution in [1.82, 2.24) is 9.80 Å². The van der Waals surface area contributed by atoms with Crippen LogP contribution in [0.4, 0.5) is 8.78 Å². The number of β-amino-alcohol motifs (C(OH)–C–C–N with tert-alkyl or cyclic N) is 1. The molecule has 1 aromatic rings. The third-order valence-electron chi connectivity index (χ3n) is 3.42. The molecule has 1 aliphatic rings. The third kappa shape index (κ3) is 3.90. The van der Waals surface area contributed by atoms with E-state index in [2.05, 4.69) is 0 Å². The van der Waals surface area contributed by atoms with E-state index in [0.29, 0.717) is 32.7 Å². The predicted octanol–water partition coefficient (Wildman–Crippen LogP) is 1.76. The standard InChI is InChI=1S/C14H17ClF2N2O2/c1-9(20)8-18-2-4-19(5-3-18)14(21)10-6-12(16)13(17)7-11(10)15/h6-7,9,20H,2-5,8H2,1H3/t9-/m0/s1. The highest BCUT2D eigenvalue weighted by molar-refractivity contribution is 6.33. The van der Waals surface area contributed by atoms with Gasteiger partial charge in [-0.05, 0) is 19.1 Å². The summed E-state index contributed by atoms with van der Waals surface area (Å²) in [6.07, 6.45) is -0.423. The molecule has 7 heteroatoms. The highest BCUT2D eigenvalue weighted by Crippen LogP contribution is 2.22. The molecule has 1 heterocycles. The first kappa shape index (κ1) is 16.1. The molecule has 1 N–H and O–H groups in total. The Hall–Kier alpha value is -1.24. The van der Waals surface area contributed by atoms with Crippen LogP contribution < -0.4 is 0 Å². The Morgan fingerprint density at radius 3 is 2.43 bits per heavy atom. The molecule has 0 radical (unpaired) electrons. The summed E-state index contributed by atoms with van der Waals surface area (Å²) < 4.78 is 26.3. The number of carbonyl (C=O) groups excluding carboxylic acids is 1. The average molecular weight is 319 g/mol. The summed E-state index contributed by atoms with van der Waals surface area (Å²) in [5.74, 6) is -2.57. The van der Waals surface area contributed by atoms with Crippen LogP contribution in [0, 0.1) is 11.6 Å². The van der Waals surface area contributed by atoms with Crippen LogP contribution in [0.3, 0.4) is 0 Å². The number of hydrogen-bond donors (Lipinski definition) is 1. The van der Waals surface area contributed by atoms with E-state index in [-0.39, 0.29) is 10.6 Å². The van der Waals surface area contributed by atoms with E-state index in [1.807, 2.05) is 4.90 Å². The maximum absolute atomic E-state index is 13.3. The van der Waals surface area contributed by atoms with Crippen molar-refractivity contribution >= 4 is 17.5 Å². The first-order valence-electron chi connectivity index (χ1n) is 6.72. The molecule has 21 heavy (non-hydrogen) atoms. The van der Waals surface area contributed by atoms with Gasteiger partial charge in [-0.25, -0.2) is 8.78 Å². The van der Waals surface area contributed by atoms with Crippen molar-refractivity contribution in [2.24, 2.45) is 0 Å². The smallest absolute Gasteiger partial charge is 0.255 e. The van der Waals surface area contributed by atoms with Crippen LogP contribution >= 0.6 is 11.6 Å². The molecule has 0 aliphatic carbocycles. The first-order valence-corrected chi connectivity index (χ1v) is 7.10. The number of carbonyl (C=O) groups is 1. The SMILES string of the molecule is C[C@H](O)CN1CCN(C(=O)c2cc(F)c(F)cc2Cl)CC1. The molecule has 1 saturated heterocycles. The van der Waals surface area contributed by atoms with E-state index in [4.69, 9.17) is 11.6 Å². The maximum Gasteiger partial charge on any atom is 0.255 e. The summed E-state index contributed by atoms with van der Waals surface area (Å²) in [6, 6.07) is 1.65. The molecule has 2 rings (SSSR count). The average Bonchev–Trinajstić information content (AvgIpc) is 2.42. The first-order chi connectivity index (χ1) is 9.88. The van der Waals surface area contributed by atoms with Crippen LogP contribution in [-0.2, 0) is 0 Å². The molecule has 1 aliphatic heterocycles. The van der Waals surface area contributed by atoms with Crippen molar-refractivity contribution in [3.63, 3.8) is 0 Å². The Bertz CT molecular complexity index is 532. The van der Waals surface area contributed by atoms with Crippen molar-refractivity contribution in [2.75, 3.05) is 32.7 Å². The number of piperazine rings is 1. The van der Waals surface area contributed by atoms with Gasteiger partial charge in [0.2, 0.25) is 0 Å². The lowest BCUT2D eigenvalue weighted by Gasteiger charge is -2.35. The number of aliphatic hydroxyl groups excluding tert-OH is 1. The van der Waals surface area contributed by atoms with Gasteiger partial charge in [0, 0.05) is 32.7 Å². The molecule has 116 valence electrons. The molecule has 1 atom stereocenters. The van der Waals surface area contributed by atoms with Crippen LogP contribution in [0.1, 0.15) is 17.3 Å². The lowest BCUT2D eigenvalue weighted by molar-refractivity contribution is 0.0554. The van der Waals surface area contributed by atoms with Crippen molar-refractivity contribution in [2.45, 2.75) is 13.0 Å². The van der Waals surface area contributed by atoms with Gasteiger partial charge in [0.1, 0.15) is 0 Å². The molecular weight excluding hydrogens is 302 g/mol. The van der Waals surface area contributed by atoms with Gasteiger partial charge in [-0.2, -0.15) is 0 Å². The fourth-order valence-corrected chi connectivity index (χ4v) is 2.60. The van der Waals surface area contributed by atoms with E-state index in [1.54, 1.807) is 11.8 Å². The molecule has 1 aromatic carbocycles. The normalized spacial score (nSPS) is 17.9. The zero-order valence-corrected chi connectivity index (χ0v) is 12.4. The molecule has 1 fully saturated rings. The molecule has 0 bridgehead atoms. The van der Waals surface area contributed by atoms with Gasteiger partial charge in [-0.3, -0.25) is 9.69 Å². The van der Waals surface area contributed by atoms with Crippen molar-refractivity contribution in [1.29, 1.82) is 0 Å². The van der Waals surface area contributed by atoms with Gasteiger partial charge in [-0.1, -0.05) is 11.6 Å². The summed E-state index contributed by atoms with van der Waals surface area (Å²) in [4.78, 5) is 15.9. The predicted molar refractivity (Wildman–Crippen MR) is 75.4 cm³/mol. The highest BCUT2D eigenvalue weighted by atomic mass is 35.5. The van der Waals surface area contributed by atoms with E-state index >= 15 is 0 Å². The van der Waals surface area contributed by atoms with Gasteiger partial charge in [-0.15, -0.1) is 0 Å². The van der Waals surface area contributed by atoms with Crippen molar-refractivity contribution < 1.29 is 18.7 Å². The zero-order valence-electron chi connectivity index (χ0n) is 11.7. The van der Waals surface area contributed by atoms with E-state index in [1.165, 1.54) is 0 Å². The Kier molecular flexibility index (Phi) is 5.13. The number of rotatable bonds is 3. The number of nitrogens with zero attached hydrogens (tertiary/aromatic N) is 2. The van der Waals surface area contributed by atoms with Crippen LogP contribution in [0.25, 0.3) is 0 Å². The number of halogens is 3. The molecule has 4 nitrogen and oxygen atoms in total. The van der Waals surface area contributed by atoms with Gasteiger partial charge >= 0.3 is 0 Å². The van der Waals surface area contributed by atoms with Crippen LogP contribution in [-0.4, -0.2) is 59.6 Å². The molecule has 0 spiro atoms. The Morgan fingerprint density at radius 1 is 1.29 bits per heavy atom. The largest absolute Gasteiger partial charge is 0.392 e. The van der Waals surface area contributed by atoms with E-state index in [9.17, 15) is 18.7 Å². The number of benzene rings is 1. The topological polar surface area (TPSA) is 43.8 Å². The van der Waals surface area contributed by atoms with Crippen LogP contribution in [0.5, 0.6) is 0 Å². The second-order valence-corrected chi connectivity index (χ2v) is 5.60. The summed E-state index contributed by atoms with van der Waals surface area (Å²) in [6.45, 7) is 4.42. The third-order valence-corrected chi connectivity index (χ3v) is 3.74. The Labute approximate surface area is 126 Å². The van der Waals surface area contributed by atoms with Gasteiger partial charge in [0.15, 0.2) is 11.6 Å². The second kappa shape index (κ2) is 6.68. The van der Waals surface area contributed by atoms with Crippen LogP contribution in [0.2, 0.25) is 5.02 Å². The van der Waals surface area contributed by atoms with Gasteiger partial charge in [0.05, 0.1) is 16.7 Å². The quantitative estimate of drug-likeness (QED) is 0.864. The van der Waals surface area contributed by atoms with E-state index in [0.717, 1.165) is 12.1 Å². The number of hydrogen-bond acceptors (Lipinski definition) is 3. The van der Waals surface area contributed by atoms with Gasteiger partial charge in [0.25, 0.3) is 5.91 Å². The summed E-state index contributed by atoms with van der Waals surface area (Å²) in [7, 11) is 0. The lowest BCUT2D eigenvalue weighted by atomic mass is 10.1. The summed E-state index contributed by atoms with van der Waals surface area (Å²) >= 11 is 5.82. The highest BCUT2D eigenvalue weighted by Gasteiger charge is 2.25. The minimum absolute atomic E-state index is 0.0282. The summed E-state index contributed by atoms with van der Waals surface area (Å²) in [5.41, 5.74) is -0.0282. The Morgan fingerprint density at radius 2 is 1.86 bits per heavy atom. The fraction of sp³-hybridized carbons (Fsp3) is 0.500. The minimum atomic E-state index is -1.09. The molecule has 0 unspecified atom stereocenters. The summed E-state index contributed by atoms with van der Waals surface area (Å²) in [5, 5.41) is 9.24.